The first-order chi connectivity index (χ1) is 16.0. The summed E-state index contributed by atoms with van der Waals surface area (Å²) in [5.74, 6) is -1.90. The number of aromatic nitrogens is 4. The number of nitrogens with zero attached hydrogens (tertiary/aromatic N) is 4. The summed E-state index contributed by atoms with van der Waals surface area (Å²) < 4.78 is 54.7. The van der Waals surface area contributed by atoms with Crippen LogP contribution in [-0.4, -0.2) is 25.7 Å². The Morgan fingerprint density at radius 2 is 1.85 bits per heavy atom. The van der Waals surface area contributed by atoms with Crippen LogP contribution in [0.2, 0.25) is 5.02 Å². The second kappa shape index (κ2) is 8.49. The third-order valence-corrected chi connectivity index (χ3v) is 5.22. The molecule has 0 spiro atoms. The maximum absolute atomic E-state index is 14.7. The van der Waals surface area contributed by atoms with E-state index in [9.17, 15) is 27.2 Å². The molecular weight excluding hydrogens is 478 g/mol. The van der Waals surface area contributed by atoms with Crippen molar-refractivity contribution in [3.8, 4) is 5.69 Å². The van der Waals surface area contributed by atoms with Crippen molar-refractivity contribution in [2.75, 3.05) is 5.32 Å². The van der Waals surface area contributed by atoms with E-state index in [1.165, 1.54) is 12.1 Å². The van der Waals surface area contributed by atoms with Gasteiger partial charge in [-0.15, -0.1) is 0 Å². The van der Waals surface area contributed by atoms with Gasteiger partial charge < -0.3 is 5.32 Å². The second-order valence-electron chi connectivity index (χ2n) is 7.36. The molecule has 12 heteroatoms. The van der Waals surface area contributed by atoms with Crippen molar-refractivity contribution in [1.82, 2.24) is 19.7 Å². The first-order valence-electron chi connectivity index (χ1n) is 9.66. The molecule has 4 aromatic rings. The predicted octanol–water partition coefficient (Wildman–Crippen LogP) is 4.86. The molecule has 1 N–H and O–H groups in total. The van der Waals surface area contributed by atoms with Gasteiger partial charge in [-0.2, -0.15) is 18.3 Å². The third-order valence-electron chi connectivity index (χ3n) is 4.98. The molecule has 0 bridgehead atoms. The minimum absolute atomic E-state index is 0.116. The SMILES string of the molecule is Cc1cc2c(nc1C)c(=O)c(C(=O)Nc1cncc(C(F)(F)F)c1)nn2-c1ccc(Cl)cc1F. The quantitative estimate of drug-likeness (QED) is 0.414. The molecule has 3 heterocycles. The molecule has 0 aliphatic rings. The van der Waals surface area contributed by atoms with Crippen LogP contribution in [0, 0.1) is 19.7 Å². The molecule has 0 unspecified atom stereocenters. The number of alkyl halides is 3. The lowest BCUT2D eigenvalue weighted by Crippen LogP contribution is -2.28. The molecule has 0 saturated carbocycles. The zero-order valence-electron chi connectivity index (χ0n) is 17.5. The van der Waals surface area contributed by atoms with E-state index in [-0.39, 0.29) is 27.4 Å². The van der Waals surface area contributed by atoms with Crippen molar-refractivity contribution >= 4 is 34.2 Å². The number of hydrogen-bond donors (Lipinski definition) is 1. The molecule has 174 valence electrons. The number of halogens is 5. The van der Waals surface area contributed by atoms with Crippen LogP contribution in [0.25, 0.3) is 16.7 Å². The van der Waals surface area contributed by atoms with Gasteiger partial charge in [0.15, 0.2) is 5.69 Å². The Morgan fingerprint density at radius 1 is 1.12 bits per heavy atom. The average molecular weight is 492 g/mol. The molecule has 0 aliphatic heterocycles. The number of carbonyl (C=O) groups is 1. The van der Waals surface area contributed by atoms with Crippen molar-refractivity contribution in [1.29, 1.82) is 0 Å². The van der Waals surface area contributed by atoms with E-state index in [0.717, 1.165) is 16.9 Å². The van der Waals surface area contributed by atoms with Gasteiger partial charge in [-0.3, -0.25) is 14.6 Å². The molecule has 0 aliphatic carbocycles. The summed E-state index contributed by atoms with van der Waals surface area (Å²) in [5, 5.41) is 6.33. The summed E-state index contributed by atoms with van der Waals surface area (Å²) in [6.45, 7) is 3.38. The highest BCUT2D eigenvalue weighted by atomic mass is 35.5. The van der Waals surface area contributed by atoms with Crippen molar-refractivity contribution < 1.29 is 22.4 Å². The van der Waals surface area contributed by atoms with E-state index >= 15 is 0 Å². The standard InChI is InChI=1S/C22H14ClF4N5O2/c1-10-5-17-18(29-11(10)2)20(33)19(31-32(17)16-4-3-13(23)7-15(16)24)21(34)30-14-6-12(8-28-9-14)22(25,26)27/h3-9H,1-2H3,(H,30,34). The zero-order chi connectivity index (χ0) is 24.8. The van der Waals surface area contributed by atoms with Gasteiger partial charge in [0, 0.05) is 16.9 Å². The molecule has 4 rings (SSSR count). The summed E-state index contributed by atoms with van der Waals surface area (Å²) in [5.41, 5.74) is -1.95. The number of benzene rings is 1. The van der Waals surface area contributed by atoms with Gasteiger partial charge in [-0.25, -0.2) is 14.1 Å². The van der Waals surface area contributed by atoms with E-state index < -0.39 is 34.6 Å². The number of anilines is 1. The molecule has 1 aromatic carbocycles. The lowest BCUT2D eigenvalue weighted by molar-refractivity contribution is -0.137. The van der Waals surface area contributed by atoms with Crippen LogP contribution >= 0.6 is 11.6 Å². The molecule has 7 nitrogen and oxygen atoms in total. The van der Waals surface area contributed by atoms with Gasteiger partial charge in [0.25, 0.3) is 5.91 Å². The average Bonchev–Trinajstić information content (AvgIpc) is 2.75. The number of rotatable bonds is 3. The van der Waals surface area contributed by atoms with Gasteiger partial charge in [-0.05, 0) is 49.7 Å². The molecule has 0 atom stereocenters. The fourth-order valence-electron chi connectivity index (χ4n) is 3.17. The van der Waals surface area contributed by atoms with Crippen LogP contribution in [0.3, 0.4) is 0 Å². The molecule has 1 amide bonds. The molecular formula is C22H14ClF4N5O2. The Bertz CT molecular complexity index is 1520. The number of nitrogens with one attached hydrogen (secondary N) is 1. The largest absolute Gasteiger partial charge is 0.417 e. The summed E-state index contributed by atoms with van der Waals surface area (Å²) in [6.07, 6.45) is -3.11. The number of fused-ring (bicyclic) bond motifs is 1. The summed E-state index contributed by atoms with van der Waals surface area (Å²) in [4.78, 5) is 33.6. The van der Waals surface area contributed by atoms with Gasteiger partial charge >= 0.3 is 6.18 Å². The fraction of sp³-hybridized carbons (Fsp3) is 0.136. The minimum atomic E-state index is -4.69. The van der Waals surface area contributed by atoms with Crippen molar-refractivity contribution in [2.45, 2.75) is 20.0 Å². The second-order valence-corrected chi connectivity index (χ2v) is 7.79. The van der Waals surface area contributed by atoms with Crippen LogP contribution in [0.15, 0.2) is 47.5 Å². The Hall–Kier alpha value is -3.86. The van der Waals surface area contributed by atoms with Gasteiger partial charge in [0.1, 0.15) is 17.0 Å². The summed E-state index contributed by atoms with van der Waals surface area (Å²) in [6, 6.07) is 5.97. The minimum Gasteiger partial charge on any atom is -0.319 e. The molecule has 34 heavy (non-hydrogen) atoms. The van der Waals surface area contributed by atoms with Crippen molar-refractivity contribution in [2.24, 2.45) is 0 Å². The number of hydrogen-bond acceptors (Lipinski definition) is 5. The Morgan fingerprint density at radius 3 is 2.53 bits per heavy atom. The fourth-order valence-corrected chi connectivity index (χ4v) is 3.33. The third kappa shape index (κ3) is 4.34. The van der Waals surface area contributed by atoms with Crippen LogP contribution in [0.5, 0.6) is 0 Å². The highest BCUT2D eigenvalue weighted by Crippen LogP contribution is 2.30. The smallest absolute Gasteiger partial charge is 0.319 e. The predicted molar refractivity (Wildman–Crippen MR) is 117 cm³/mol. The van der Waals surface area contributed by atoms with Gasteiger partial charge in [-0.1, -0.05) is 11.6 Å². The van der Waals surface area contributed by atoms with E-state index in [1.54, 1.807) is 19.9 Å². The zero-order valence-corrected chi connectivity index (χ0v) is 18.3. The maximum atomic E-state index is 14.7. The first kappa shape index (κ1) is 23.3. The van der Waals surface area contributed by atoms with Crippen LogP contribution in [0.4, 0.5) is 23.2 Å². The molecule has 0 saturated heterocycles. The van der Waals surface area contributed by atoms with Crippen molar-refractivity contribution in [3.05, 3.63) is 86.3 Å². The van der Waals surface area contributed by atoms with Crippen LogP contribution < -0.4 is 10.7 Å². The lowest BCUT2D eigenvalue weighted by atomic mass is 10.1. The first-order valence-corrected chi connectivity index (χ1v) is 10.0. The number of amides is 1. The highest BCUT2D eigenvalue weighted by molar-refractivity contribution is 6.30. The highest BCUT2D eigenvalue weighted by Gasteiger charge is 2.31. The number of carbonyl (C=O) groups excluding carboxylic acids is 1. The summed E-state index contributed by atoms with van der Waals surface area (Å²) >= 11 is 5.83. The van der Waals surface area contributed by atoms with Crippen molar-refractivity contribution in [3.63, 3.8) is 0 Å². The van der Waals surface area contributed by atoms with E-state index in [0.29, 0.717) is 23.5 Å². The van der Waals surface area contributed by atoms with Crippen LogP contribution in [-0.2, 0) is 6.18 Å². The number of pyridine rings is 2. The van der Waals surface area contributed by atoms with Gasteiger partial charge in [0.2, 0.25) is 5.43 Å². The summed E-state index contributed by atoms with van der Waals surface area (Å²) in [7, 11) is 0. The maximum Gasteiger partial charge on any atom is 0.417 e. The Balaban J connectivity index is 1.90. The van der Waals surface area contributed by atoms with E-state index in [1.807, 2.05) is 0 Å². The Labute approximate surface area is 194 Å². The van der Waals surface area contributed by atoms with Crippen LogP contribution in [0.1, 0.15) is 27.3 Å². The topological polar surface area (TPSA) is 89.8 Å². The lowest BCUT2D eigenvalue weighted by Gasteiger charge is -2.14. The van der Waals surface area contributed by atoms with Gasteiger partial charge in [0.05, 0.1) is 23.0 Å². The Kier molecular flexibility index (Phi) is 5.82. The molecule has 0 radical (unpaired) electrons. The van der Waals surface area contributed by atoms with E-state index in [4.69, 9.17) is 11.6 Å². The van der Waals surface area contributed by atoms with E-state index in [2.05, 4.69) is 20.4 Å². The number of aryl methyl sites for hydroxylation is 2. The normalized spacial score (nSPS) is 11.6. The monoisotopic (exact) mass is 491 g/mol. The molecule has 0 fully saturated rings. The molecule has 3 aromatic heterocycles.